The molecular weight excluding hydrogens is 182 g/mol. The van der Waals surface area contributed by atoms with Crippen LogP contribution in [0.5, 0.6) is 0 Å². The SMILES string of the molecule is CCCCCCNC(=O)CSCC. The molecule has 0 aliphatic heterocycles. The number of rotatable bonds is 8. The number of nitrogens with one attached hydrogen (secondary N) is 1. The van der Waals surface area contributed by atoms with Crippen LogP contribution < -0.4 is 5.32 Å². The van der Waals surface area contributed by atoms with Crippen LogP contribution in [-0.4, -0.2) is 24.0 Å². The van der Waals surface area contributed by atoms with Crippen LogP contribution in [0.2, 0.25) is 0 Å². The maximum atomic E-state index is 11.1. The number of amides is 1. The molecule has 0 aromatic carbocycles. The quantitative estimate of drug-likeness (QED) is 0.614. The predicted octanol–water partition coefficient (Wildman–Crippen LogP) is 2.44. The standard InChI is InChI=1S/C10H21NOS/c1-3-5-6-7-8-11-10(12)9-13-4-2/h3-9H2,1-2H3,(H,11,12). The summed E-state index contributed by atoms with van der Waals surface area (Å²) in [4.78, 5) is 11.1. The van der Waals surface area contributed by atoms with Crippen molar-refractivity contribution >= 4 is 17.7 Å². The van der Waals surface area contributed by atoms with Crippen molar-refractivity contribution < 1.29 is 4.79 Å². The molecule has 78 valence electrons. The lowest BCUT2D eigenvalue weighted by Gasteiger charge is -2.03. The Hall–Kier alpha value is -0.180. The Morgan fingerprint density at radius 3 is 2.62 bits per heavy atom. The highest BCUT2D eigenvalue weighted by molar-refractivity contribution is 7.99. The number of carbonyl (C=O) groups excluding carboxylic acids is 1. The van der Waals surface area contributed by atoms with Crippen molar-refractivity contribution in [1.29, 1.82) is 0 Å². The average Bonchev–Trinajstić information content (AvgIpc) is 2.14. The molecule has 0 saturated heterocycles. The Morgan fingerprint density at radius 1 is 1.23 bits per heavy atom. The Bertz CT molecular complexity index is 128. The van der Waals surface area contributed by atoms with Crippen LogP contribution in [0.15, 0.2) is 0 Å². The molecule has 0 aromatic rings. The molecule has 1 amide bonds. The van der Waals surface area contributed by atoms with Gasteiger partial charge in [0, 0.05) is 6.54 Å². The van der Waals surface area contributed by atoms with E-state index in [1.165, 1.54) is 19.3 Å². The molecule has 0 spiro atoms. The smallest absolute Gasteiger partial charge is 0.229 e. The Balaban J connectivity index is 3.08. The van der Waals surface area contributed by atoms with E-state index in [2.05, 4.69) is 19.2 Å². The number of carbonyl (C=O) groups is 1. The first kappa shape index (κ1) is 12.8. The number of hydrogen-bond donors (Lipinski definition) is 1. The zero-order valence-electron chi connectivity index (χ0n) is 8.77. The van der Waals surface area contributed by atoms with Crippen LogP contribution in [-0.2, 0) is 4.79 Å². The highest BCUT2D eigenvalue weighted by atomic mass is 32.2. The Morgan fingerprint density at radius 2 is 2.00 bits per heavy atom. The van der Waals surface area contributed by atoms with Gasteiger partial charge in [0.1, 0.15) is 0 Å². The minimum Gasteiger partial charge on any atom is -0.355 e. The molecule has 0 fully saturated rings. The lowest BCUT2D eigenvalue weighted by molar-refractivity contribution is -0.118. The molecule has 0 rings (SSSR count). The van der Waals surface area contributed by atoms with E-state index in [0.29, 0.717) is 5.75 Å². The van der Waals surface area contributed by atoms with Crippen molar-refractivity contribution in [2.45, 2.75) is 39.5 Å². The van der Waals surface area contributed by atoms with Gasteiger partial charge in [-0.2, -0.15) is 11.8 Å². The molecule has 0 aliphatic carbocycles. The molecule has 3 heteroatoms. The van der Waals surface area contributed by atoms with Gasteiger partial charge in [-0.3, -0.25) is 4.79 Å². The van der Waals surface area contributed by atoms with Gasteiger partial charge in [0.15, 0.2) is 0 Å². The second-order valence-electron chi connectivity index (χ2n) is 3.05. The zero-order valence-corrected chi connectivity index (χ0v) is 9.58. The molecule has 0 aliphatic rings. The van der Waals surface area contributed by atoms with Gasteiger partial charge in [-0.25, -0.2) is 0 Å². The van der Waals surface area contributed by atoms with Gasteiger partial charge in [-0.1, -0.05) is 33.1 Å². The molecule has 0 unspecified atom stereocenters. The van der Waals surface area contributed by atoms with Gasteiger partial charge in [0.25, 0.3) is 0 Å². The molecule has 0 atom stereocenters. The van der Waals surface area contributed by atoms with Crippen molar-refractivity contribution in [1.82, 2.24) is 5.32 Å². The van der Waals surface area contributed by atoms with Gasteiger partial charge in [-0.05, 0) is 12.2 Å². The van der Waals surface area contributed by atoms with Crippen molar-refractivity contribution in [3.8, 4) is 0 Å². The summed E-state index contributed by atoms with van der Waals surface area (Å²) >= 11 is 1.67. The van der Waals surface area contributed by atoms with E-state index < -0.39 is 0 Å². The lowest BCUT2D eigenvalue weighted by atomic mass is 10.2. The molecule has 13 heavy (non-hydrogen) atoms. The van der Waals surface area contributed by atoms with Crippen LogP contribution in [0.1, 0.15) is 39.5 Å². The summed E-state index contributed by atoms with van der Waals surface area (Å²) in [6.07, 6.45) is 4.88. The topological polar surface area (TPSA) is 29.1 Å². The fraction of sp³-hybridized carbons (Fsp3) is 0.900. The third-order valence-corrected chi connectivity index (χ3v) is 2.66. The number of thioether (sulfide) groups is 1. The summed E-state index contributed by atoms with van der Waals surface area (Å²) in [5.41, 5.74) is 0. The van der Waals surface area contributed by atoms with Crippen LogP contribution in [0.4, 0.5) is 0 Å². The molecular formula is C10H21NOS. The third-order valence-electron chi connectivity index (χ3n) is 1.79. The maximum Gasteiger partial charge on any atom is 0.229 e. The second kappa shape index (κ2) is 9.90. The van der Waals surface area contributed by atoms with Crippen LogP contribution in [0, 0.1) is 0 Å². The largest absolute Gasteiger partial charge is 0.355 e. The summed E-state index contributed by atoms with van der Waals surface area (Å²) in [5, 5.41) is 2.92. The van der Waals surface area contributed by atoms with Crippen LogP contribution >= 0.6 is 11.8 Å². The summed E-state index contributed by atoms with van der Waals surface area (Å²) < 4.78 is 0. The third kappa shape index (κ3) is 9.74. The minimum atomic E-state index is 0.184. The fourth-order valence-electron chi connectivity index (χ4n) is 1.03. The average molecular weight is 203 g/mol. The number of unbranched alkanes of at least 4 members (excludes halogenated alkanes) is 3. The molecule has 1 N–H and O–H groups in total. The van der Waals surface area contributed by atoms with E-state index in [0.717, 1.165) is 18.7 Å². The van der Waals surface area contributed by atoms with Crippen molar-refractivity contribution in [2.24, 2.45) is 0 Å². The maximum absolute atomic E-state index is 11.1. The van der Waals surface area contributed by atoms with Crippen LogP contribution in [0.25, 0.3) is 0 Å². The minimum absolute atomic E-state index is 0.184. The molecule has 0 radical (unpaired) electrons. The summed E-state index contributed by atoms with van der Waals surface area (Å²) in [6.45, 7) is 5.11. The van der Waals surface area contributed by atoms with E-state index in [1.54, 1.807) is 11.8 Å². The van der Waals surface area contributed by atoms with E-state index in [1.807, 2.05) is 0 Å². The van der Waals surface area contributed by atoms with Gasteiger partial charge in [0.05, 0.1) is 5.75 Å². The first-order chi connectivity index (χ1) is 6.31. The van der Waals surface area contributed by atoms with Gasteiger partial charge in [0.2, 0.25) is 5.91 Å². The summed E-state index contributed by atoms with van der Waals surface area (Å²) in [7, 11) is 0. The number of hydrogen-bond acceptors (Lipinski definition) is 2. The van der Waals surface area contributed by atoms with Gasteiger partial charge in [-0.15, -0.1) is 0 Å². The highest BCUT2D eigenvalue weighted by Gasteiger charge is 1.98. The Labute approximate surface area is 85.9 Å². The molecule has 2 nitrogen and oxygen atoms in total. The van der Waals surface area contributed by atoms with E-state index in [9.17, 15) is 4.79 Å². The molecule has 0 saturated carbocycles. The van der Waals surface area contributed by atoms with Crippen molar-refractivity contribution in [3.05, 3.63) is 0 Å². The second-order valence-corrected chi connectivity index (χ2v) is 4.32. The van der Waals surface area contributed by atoms with E-state index >= 15 is 0 Å². The zero-order chi connectivity index (χ0) is 9.94. The lowest BCUT2D eigenvalue weighted by Crippen LogP contribution is -2.26. The highest BCUT2D eigenvalue weighted by Crippen LogP contribution is 1.98. The van der Waals surface area contributed by atoms with Crippen LogP contribution in [0.3, 0.4) is 0 Å². The monoisotopic (exact) mass is 203 g/mol. The first-order valence-corrected chi connectivity index (χ1v) is 6.31. The van der Waals surface area contributed by atoms with E-state index in [4.69, 9.17) is 0 Å². The summed E-state index contributed by atoms with van der Waals surface area (Å²) in [5.74, 6) is 1.82. The molecule has 0 heterocycles. The van der Waals surface area contributed by atoms with Gasteiger partial charge >= 0.3 is 0 Å². The summed E-state index contributed by atoms with van der Waals surface area (Å²) in [6, 6.07) is 0. The first-order valence-electron chi connectivity index (χ1n) is 5.15. The fourth-order valence-corrected chi connectivity index (χ4v) is 1.52. The predicted molar refractivity (Wildman–Crippen MR) is 60.2 cm³/mol. The van der Waals surface area contributed by atoms with E-state index in [-0.39, 0.29) is 5.91 Å². The molecule has 0 aromatic heterocycles. The van der Waals surface area contributed by atoms with Crippen molar-refractivity contribution in [3.63, 3.8) is 0 Å². The molecule has 0 bridgehead atoms. The Kier molecular flexibility index (Phi) is 9.77. The van der Waals surface area contributed by atoms with Gasteiger partial charge < -0.3 is 5.32 Å². The van der Waals surface area contributed by atoms with Crippen molar-refractivity contribution in [2.75, 3.05) is 18.1 Å². The normalized spacial score (nSPS) is 10.0.